The Hall–Kier alpha value is -3.17. The molecule has 1 aromatic heterocycles. The van der Waals surface area contributed by atoms with Gasteiger partial charge in [-0.2, -0.15) is 0 Å². The van der Waals surface area contributed by atoms with E-state index in [-0.39, 0.29) is 30.7 Å². The van der Waals surface area contributed by atoms with Crippen LogP contribution in [0.5, 0.6) is 5.75 Å². The summed E-state index contributed by atoms with van der Waals surface area (Å²) in [7, 11) is 2.08. The van der Waals surface area contributed by atoms with Gasteiger partial charge in [-0.05, 0) is 63.6 Å². The Morgan fingerprint density at radius 3 is 2.84 bits per heavy atom. The molecule has 0 saturated carbocycles. The van der Waals surface area contributed by atoms with E-state index < -0.39 is 5.60 Å². The Kier molecular flexibility index (Phi) is 7.09. The van der Waals surface area contributed by atoms with Crippen LogP contribution in [0.2, 0.25) is 0 Å². The third-order valence-corrected chi connectivity index (χ3v) is 7.17. The van der Waals surface area contributed by atoms with Crippen molar-refractivity contribution in [2.24, 2.45) is 0 Å². The predicted octanol–water partition coefficient (Wildman–Crippen LogP) is 3.56. The minimum absolute atomic E-state index is 0.0345. The van der Waals surface area contributed by atoms with E-state index >= 15 is 0 Å². The van der Waals surface area contributed by atoms with Gasteiger partial charge in [0.15, 0.2) is 0 Å². The van der Waals surface area contributed by atoms with Gasteiger partial charge in [-0.1, -0.05) is 12.1 Å². The zero-order chi connectivity index (χ0) is 26.2. The summed E-state index contributed by atoms with van der Waals surface area (Å²) in [6.45, 7) is 8.48. The SMILES string of the molecule is CN(C[C@H]1Cc2c(cccc2N2CCOCC2=O)CN1C(=O)OC(C)(C)C)[C@H]1CCOc2cccnc21. The average Bonchev–Trinajstić information content (AvgIpc) is 2.87. The molecule has 0 spiro atoms. The van der Waals surface area contributed by atoms with Crippen LogP contribution in [-0.4, -0.2) is 78.4 Å². The number of rotatable bonds is 4. The zero-order valence-electron chi connectivity index (χ0n) is 22.1. The fourth-order valence-electron chi connectivity index (χ4n) is 5.47. The average molecular weight is 509 g/mol. The first-order valence-electron chi connectivity index (χ1n) is 13.0. The monoisotopic (exact) mass is 508 g/mol. The molecular formula is C28H36N4O5. The molecule has 9 nitrogen and oxygen atoms in total. The van der Waals surface area contributed by atoms with Crippen molar-refractivity contribution in [1.82, 2.24) is 14.8 Å². The van der Waals surface area contributed by atoms with E-state index in [1.165, 1.54) is 0 Å². The second-order valence-corrected chi connectivity index (χ2v) is 11.0. The number of hydrogen-bond acceptors (Lipinski definition) is 7. The molecule has 0 radical (unpaired) electrons. The number of amides is 2. The van der Waals surface area contributed by atoms with E-state index in [0.717, 1.165) is 34.7 Å². The minimum Gasteiger partial charge on any atom is -0.492 e. The first-order valence-corrected chi connectivity index (χ1v) is 13.0. The Bertz CT molecular complexity index is 1160. The molecule has 9 heteroatoms. The van der Waals surface area contributed by atoms with Crippen LogP contribution in [0.1, 0.15) is 50.1 Å². The van der Waals surface area contributed by atoms with Crippen molar-refractivity contribution in [1.29, 1.82) is 0 Å². The van der Waals surface area contributed by atoms with Gasteiger partial charge in [0.2, 0.25) is 0 Å². The lowest BCUT2D eigenvalue weighted by atomic mass is 9.91. The topological polar surface area (TPSA) is 84.4 Å². The molecule has 2 aromatic rings. The fourth-order valence-corrected chi connectivity index (χ4v) is 5.47. The number of ether oxygens (including phenoxy) is 3. The summed E-state index contributed by atoms with van der Waals surface area (Å²) >= 11 is 0. The normalized spacial score (nSPS) is 21.8. The summed E-state index contributed by atoms with van der Waals surface area (Å²) in [6, 6.07) is 9.80. The highest BCUT2D eigenvalue weighted by atomic mass is 16.6. The molecule has 198 valence electrons. The molecule has 4 heterocycles. The van der Waals surface area contributed by atoms with Gasteiger partial charge in [-0.3, -0.25) is 19.6 Å². The lowest BCUT2D eigenvalue weighted by Crippen LogP contribution is -2.52. The largest absolute Gasteiger partial charge is 0.492 e. The lowest BCUT2D eigenvalue weighted by molar-refractivity contribution is -0.125. The second kappa shape index (κ2) is 10.3. The molecule has 0 unspecified atom stereocenters. The van der Waals surface area contributed by atoms with Crippen LogP contribution in [0.3, 0.4) is 0 Å². The number of hydrogen-bond donors (Lipinski definition) is 0. The van der Waals surface area contributed by atoms with Gasteiger partial charge in [0.1, 0.15) is 18.0 Å². The standard InChI is InChI=1S/C28H36N4O5/c1-28(2,3)37-27(34)32-16-19-7-5-8-22(31-12-14-35-18-25(31)33)21(19)15-20(32)17-30(4)23-10-13-36-24-9-6-11-29-26(23)24/h5-9,11,20,23H,10,12-18H2,1-4H3/t20-,23+/m1/s1. The number of pyridine rings is 1. The smallest absolute Gasteiger partial charge is 0.410 e. The Labute approximate surface area is 218 Å². The summed E-state index contributed by atoms with van der Waals surface area (Å²) in [5.41, 5.74) is 3.40. The van der Waals surface area contributed by atoms with E-state index in [2.05, 4.69) is 16.9 Å². The fraction of sp³-hybridized carbons (Fsp3) is 0.536. The molecule has 2 amide bonds. The van der Waals surface area contributed by atoms with Crippen LogP contribution in [0, 0.1) is 0 Å². The Morgan fingerprint density at radius 2 is 2.05 bits per heavy atom. The molecule has 2 atom stereocenters. The van der Waals surface area contributed by atoms with Gasteiger partial charge >= 0.3 is 6.09 Å². The number of fused-ring (bicyclic) bond motifs is 2. The lowest BCUT2D eigenvalue weighted by Gasteiger charge is -2.42. The minimum atomic E-state index is -0.598. The summed E-state index contributed by atoms with van der Waals surface area (Å²) < 4.78 is 17.0. The van der Waals surface area contributed by atoms with Gasteiger partial charge in [0.05, 0.1) is 31.0 Å². The van der Waals surface area contributed by atoms with Crippen LogP contribution in [-0.2, 0) is 27.2 Å². The van der Waals surface area contributed by atoms with Crippen molar-refractivity contribution in [2.45, 2.75) is 57.8 Å². The third kappa shape index (κ3) is 5.43. The molecule has 3 aliphatic heterocycles. The molecule has 0 aliphatic carbocycles. The van der Waals surface area contributed by atoms with Crippen molar-refractivity contribution in [3.63, 3.8) is 0 Å². The number of nitrogens with zero attached hydrogens (tertiary/aromatic N) is 4. The quantitative estimate of drug-likeness (QED) is 0.624. The predicted molar refractivity (Wildman–Crippen MR) is 139 cm³/mol. The van der Waals surface area contributed by atoms with E-state index in [9.17, 15) is 9.59 Å². The molecule has 0 N–H and O–H groups in total. The van der Waals surface area contributed by atoms with Gasteiger partial charge < -0.3 is 19.1 Å². The highest BCUT2D eigenvalue weighted by Crippen LogP contribution is 2.36. The Balaban J connectivity index is 1.45. The third-order valence-electron chi connectivity index (χ3n) is 7.17. The molecular weight excluding hydrogens is 472 g/mol. The van der Waals surface area contributed by atoms with Crippen LogP contribution >= 0.6 is 0 Å². The van der Waals surface area contributed by atoms with Crippen molar-refractivity contribution < 1.29 is 23.8 Å². The van der Waals surface area contributed by atoms with Crippen molar-refractivity contribution in [2.75, 3.05) is 44.9 Å². The number of likely N-dealkylation sites (N-methyl/N-ethyl adjacent to an activating group) is 1. The Morgan fingerprint density at radius 1 is 1.22 bits per heavy atom. The van der Waals surface area contributed by atoms with E-state index in [4.69, 9.17) is 14.2 Å². The van der Waals surface area contributed by atoms with Crippen LogP contribution in [0.25, 0.3) is 0 Å². The summed E-state index contributed by atoms with van der Waals surface area (Å²) in [5.74, 6) is 0.782. The van der Waals surface area contributed by atoms with Crippen molar-refractivity contribution >= 4 is 17.7 Å². The van der Waals surface area contributed by atoms with Crippen LogP contribution in [0.4, 0.5) is 10.5 Å². The first kappa shape index (κ1) is 25.5. The molecule has 5 rings (SSSR count). The maximum atomic E-state index is 13.4. The molecule has 0 bridgehead atoms. The summed E-state index contributed by atoms with van der Waals surface area (Å²) in [6.07, 6.45) is 2.92. The van der Waals surface area contributed by atoms with Crippen molar-refractivity contribution in [3.05, 3.63) is 53.3 Å². The van der Waals surface area contributed by atoms with Gasteiger partial charge in [0.25, 0.3) is 5.91 Å². The maximum absolute atomic E-state index is 13.4. The first-order chi connectivity index (χ1) is 17.7. The highest BCUT2D eigenvalue weighted by Gasteiger charge is 2.37. The number of anilines is 1. The van der Waals surface area contributed by atoms with Crippen LogP contribution < -0.4 is 9.64 Å². The van der Waals surface area contributed by atoms with E-state index in [1.807, 2.05) is 60.9 Å². The number of benzene rings is 1. The van der Waals surface area contributed by atoms with E-state index in [1.54, 1.807) is 6.20 Å². The molecule has 1 fully saturated rings. The number of carbonyl (C=O) groups is 2. The molecule has 1 saturated heterocycles. The van der Waals surface area contributed by atoms with Gasteiger partial charge in [0, 0.05) is 37.9 Å². The van der Waals surface area contributed by atoms with Crippen LogP contribution in [0.15, 0.2) is 36.5 Å². The van der Waals surface area contributed by atoms with Crippen molar-refractivity contribution in [3.8, 4) is 5.75 Å². The number of morpholine rings is 1. The molecule has 3 aliphatic rings. The van der Waals surface area contributed by atoms with Gasteiger partial charge in [-0.15, -0.1) is 0 Å². The number of carbonyl (C=O) groups excluding carboxylic acids is 2. The highest BCUT2D eigenvalue weighted by molar-refractivity contribution is 5.95. The molecule has 37 heavy (non-hydrogen) atoms. The maximum Gasteiger partial charge on any atom is 0.410 e. The van der Waals surface area contributed by atoms with Gasteiger partial charge in [-0.25, -0.2) is 4.79 Å². The molecule has 1 aromatic carbocycles. The second-order valence-electron chi connectivity index (χ2n) is 11.0. The van der Waals surface area contributed by atoms with E-state index in [0.29, 0.717) is 39.3 Å². The summed E-state index contributed by atoms with van der Waals surface area (Å²) in [5, 5.41) is 0. The number of aromatic nitrogens is 1. The zero-order valence-corrected chi connectivity index (χ0v) is 22.1. The summed E-state index contributed by atoms with van der Waals surface area (Å²) in [4.78, 5) is 36.6.